The Bertz CT molecular complexity index is 1270. The molecule has 5 rings (SSSR count). The van der Waals surface area contributed by atoms with Crippen LogP contribution in [-0.4, -0.2) is 45.7 Å². The lowest BCUT2D eigenvalue weighted by molar-refractivity contribution is 0.253. The van der Waals surface area contributed by atoms with Gasteiger partial charge in [-0.1, -0.05) is 20.8 Å². The first-order valence-electron chi connectivity index (χ1n) is 10.6. The molecule has 1 aliphatic rings. The summed E-state index contributed by atoms with van der Waals surface area (Å²) in [4.78, 5) is 16.2. The number of aromatic nitrogens is 3. The van der Waals surface area contributed by atoms with Gasteiger partial charge in [-0.15, -0.1) is 0 Å². The molecule has 1 fully saturated rings. The number of oxazole rings is 1. The van der Waals surface area contributed by atoms with Crippen LogP contribution in [0.4, 0.5) is 5.82 Å². The third kappa shape index (κ3) is 3.70. The first-order chi connectivity index (χ1) is 14.8. The van der Waals surface area contributed by atoms with Gasteiger partial charge in [0.1, 0.15) is 17.1 Å². The first kappa shape index (κ1) is 19.8. The van der Waals surface area contributed by atoms with E-state index in [0.29, 0.717) is 34.3 Å². The largest absolute Gasteiger partial charge is 0.507 e. The smallest absolute Gasteiger partial charge is 0.192 e. The van der Waals surface area contributed by atoms with Crippen LogP contribution in [0.25, 0.3) is 33.4 Å². The monoisotopic (exact) mass is 417 g/mol. The number of pyridine rings is 2. The van der Waals surface area contributed by atoms with Gasteiger partial charge in [0.05, 0.1) is 16.7 Å². The quantitative estimate of drug-likeness (QED) is 0.503. The van der Waals surface area contributed by atoms with Crippen LogP contribution >= 0.6 is 0 Å². The van der Waals surface area contributed by atoms with Crippen LogP contribution in [0.3, 0.4) is 0 Å². The molecule has 2 N–H and O–H groups in total. The summed E-state index contributed by atoms with van der Waals surface area (Å²) in [6.07, 6.45) is 0. The fraction of sp³-hybridized carbons (Fsp3) is 0.375. The van der Waals surface area contributed by atoms with E-state index in [1.807, 2.05) is 24.3 Å². The number of benzene rings is 1. The molecule has 31 heavy (non-hydrogen) atoms. The van der Waals surface area contributed by atoms with E-state index in [-0.39, 0.29) is 11.2 Å². The Morgan fingerprint density at radius 3 is 2.61 bits per heavy atom. The minimum Gasteiger partial charge on any atom is -0.507 e. The van der Waals surface area contributed by atoms with E-state index in [4.69, 9.17) is 14.4 Å². The van der Waals surface area contributed by atoms with E-state index in [1.165, 1.54) is 0 Å². The highest BCUT2D eigenvalue weighted by Gasteiger charge is 2.29. The van der Waals surface area contributed by atoms with E-state index in [1.54, 1.807) is 19.1 Å². The maximum Gasteiger partial charge on any atom is 0.192 e. The Morgan fingerprint density at radius 1 is 1.03 bits per heavy atom. The molecule has 0 bridgehead atoms. The van der Waals surface area contributed by atoms with E-state index in [0.717, 1.165) is 36.5 Å². The molecule has 1 aromatic carbocycles. The number of hydrogen-bond donors (Lipinski definition) is 2. The van der Waals surface area contributed by atoms with Gasteiger partial charge >= 0.3 is 0 Å². The van der Waals surface area contributed by atoms with Crippen molar-refractivity contribution in [3.8, 4) is 17.0 Å². The molecule has 4 heterocycles. The Balaban J connectivity index is 1.47. The molecule has 1 aliphatic heterocycles. The van der Waals surface area contributed by atoms with Crippen LogP contribution in [0.2, 0.25) is 0 Å². The summed E-state index contributed by atoms with van der Waals surface area (Å²) in [6.45, 7) is 11.4. The minimum atomic E-state index is 0.131. The van der Waals surface area contributed by atoms with Gasteiger partial charge in [-0.25, -0.2) is 15.0 Å². The van der Waals surface area contributed by atoms with E-state index < -0.39 is 0 Å². The van der Waals surface area contributed by atoms with Crippen LogP contribution in [0.5, 0.6) is 5.75 Å². The van der Waals surface area contributed by atoms with Gasteiger partial charge in [0.25, 0.3) is 0 Å². The number of hydrogen-bond acceptors (Lipinski definition) is 7. The summed E-state index contributed by atoms with van der Waals surface area (Å²) in [6, 6.07) is 11.7. The van der Waals surface area contributed by atoms with Gasteiger partial charge < -0.3 is 19.7 Å². The lowest BCUT2D eigenvalue weighted by Crippen LogP contribution is -2.56. The van der Waals surface area contributed by atoms with E-state index in [9.17, 15) is 5.11 Å². The van der Waals surface area contributed by atoms with Crippen molar-refractivity contribution in [2.75, 3.05) is 24.5 Å². The number of aromatic hydroxyl groups is 1. The molecule has 0 radical (unpaired) electrons. The van der Waals surface area contributed by atoms with Gasteiger partial charge in [0, 0.05) is 44.2 Å². The minimum absolute atomic E-state index is 0.131. The van der Waals surface area contributed by atoms with Crippen LogP contribution in [0, 0.1) is 12.3 Å². The molecule has 0 aliphatic carbocycles. The van der Waals surface area contributed by atoms with Gasteiger partial charge in [-0.2, -0.15) is 0 Å². The average Bonchev–Trinajstić information content (AvgIpc) is 3.10. The summed E-state index contributed by atoms with van der Waals surface area (Å²) in [7, 11) is 0. The highest BCUT2D eigenvalue weighted by atomic mass is 16.3. The molecule has 7 heteroatoms. The topological polar surface area (TPSA) is 87.3 Å². The van der Waals surface area contributed by atoms with Crippen molar-refractivity contribution >= 4 is 28.0 Å². The number of nitrogens with one attached hydrogen (secondary N) is 1. The molecule has 0 saturated carbocycles. The third-order valence-electron chi connectivity index (χ3n) is 5.96. The van der Waals surface area contributed by atoms with Crippen molar-refractivity contribution in [3.63, 3.8) is 0 Å². The summed E-state index contributed by atoms with van der Waals surface area (Å²) >= 11 is 0. The normalized spacial score (nSPS) is 17.5. The van der Waals surface area contributed by atoms with Crippen molar-refractivity contribution in [3.05, 3.63) is 42.3 Å². The number of fused-ring (bicyclic) bond motifs is 2. The zero-order chi connectivity index (χ0) is 21.8. The molecule has 1 saturated heterocycles. The van der Waals surface area contributed by atoms with Crippen molar-refractivity contribution in [1.82, 2.24) is 20.3 Å². The molecule has 7 nitrogen and oxygen atoms in total. The lowest BCUT2D eigenvalue weighted by Gasteiger charge is -2.41. The second-order valence-electron chi connectivity index (χ2n) is 9.29. The molecule has 0 unspecified atom stereocenters. The van der Waals surface area contributed by atoms with E-state index >= 15 is 0 Å². The predicted molar refractivity (Wildman–Crippen MR) is 122 cm³/mol. The standard InChI is InChI=1S/C24H27N5O2/c1-14-26-19-12-20(30)15(11-21(19)31-14)16-5-6-18-17(27-16)7-8-23(28-18)29-10-9-25-22(13-29)24(2,3)4/h5-8,11-12,22,25,30H,9-10,13H2,1-4H3/t22-/m0/s1. The Labute approximate surface area is 181 Å². The number of anilines is 1. The molecular formula is C24H27N5O2. The van der Waals surface area contributed by atoms with Gasteiger partial charge in [-0.3, -0.25) is 0 Å². The zero-order valence-corrected chi connectivity index (χ0v) is 18.3. The maximum atomic E-state index is 10.5. The van der Waals surface area contributed by atoms with Crippen molar-refractivity contribution < 1.29 is 9.52 Å². The van der Waals surface area contributed by atoms with Crippen molar-refractivity contribution in [2.45, 2.75) is 33.7 Å². The number of aryl methyl sites for hydroxylation is 1. The molecule has 0 spiro atoms. The van der Waals surface area contributed by atoms with Crippen LogP contribution in [0.15, 0.2) is 40.8 Å². The maximum absolute atomic E-state index is 10.5. The second-order valence-corrected chi connectivity index (χ2v) is 9.29. The summed E-state index contributed by atoms with van der Waals surface area (Å²) < 4.78 is 5.61. The number of rotatable bonds is 2. The average molecular weight is 418 g/mol. The Kier molecular flexibility index (Phi) is 4.59. The molecule has 4 aromatic rings. The number of nitrogens with zero attached hydrogens (tertiary/aromatic N) is 4. The Hall–Kier alpha value is -3.19. The highest BCUT2D eigenvalue weighted by Crippen LogP contribution is 2.33. The number of phenols is 1. The summed E-state index contributed by atoms with van der Waals surface area (Å²) in [5.41, 5.74) is 4.37. The fourth-order valence-electron chi connectivity index (χ4n) is 4.15. The predicted octanol–water partition coefficient (Wildman–Crippen LogP) is 4.28. The Morgan fingerprint density at radius 2 is 1.81 bits per heavy atom. The molecule has 160 valence electrons. The molecular weight excluding hydrogens is 390 g/mol. The lowest BCUT2D eigenvalue weighted by atomic mass is 9.85. The molecule has 0 amide bonds. The highest BCUT2D eigenvalue weighted by molar-refractivity contribution is 5.86. The first-order valence-corrected chi connectivity index (χ1v) is 10.6. The van der Waals surface area contributed by atoms with Gasteiger partial charge in [0.2, 0.25) is 0 Å². The van der Waals surface area contributed by atoms with Crippen molar-refractivity contribution in [1.29, 1.82) is 0 Å². The van der Waals surface area contributed by atoms with E-state index in [2.05, 4.69) is 36.0 Å². The van der Waals surface area contributed by atoms with Crippen molar-refractivity contribution in [2.24, 2.45) is 5.41 Å². The van der Waals surface area contributed by atoms with Gasteiger partial charge in [-0.05, 0) is 35.7 Å². The third-order valence-corrected chi connectivity index (χ3v) is 5.96. The zero-order valence-electron chi connectivity index (χ0n) is 18.3. The summed E-state index contributed by atoms with van der Waals surface area (Å²) in [5.74, 6) is 1.67. The van der Waals surface area contributed by atoms with Gasteiger partial charge in [0.15, 0.2) is 11.5 Å². The van der Waals surface area contributed by atoms with Crippen LogP contribution < -0.4 is 10.2 Å². The SMILES string of the molecule is Cc1nc2cc(O)c(-c3ccc4nc(N5CCN[C@H](C(C)(C)C)C5)ccc4n3)cc2o1. The number of piperazine rings is 1. The van der Waals surface area contributed by atoms with Crippen LogP contribution in [0.1, 0.15) is 26.7 Å². The molecule has 1 atom stereocenters. The summed E-state index contributed by atoms with van der Waals surface area (Å²) in [5, 5.41) is 14.1. The van der Waals surface area contributed by atoms with Crippen LogP contribution in [-0.2, 0) is 0 Å². The second kappa shape index (κ2) is 7.20. The fourth-order valence-corrected chi connectivity index (χ4v) is 4.15. The molecule has 3 aromatic heterocycles. The number of phenolic OH excluding ortho intramolecular Hbond substituents is 1.